The lowest BCUT2D eigenvalue weighted by atomic mass is 10.2. The minimum atomic E-state index is -0.926. The lowest BCUT2D eigenvalue weighted by Crippen LogP contribution is -2.57. The van der Waals surface area contributed by atoms with Crippen molar-refractivity contribution in [3.63, 3.8) is 0 Å². The molecule has 1 aromatic carbocycles. The van der Waals surface area contributed by atoms with E-state index in [9.17, 15) is 14.4 Å². The van der Waals surface area contributed by atoms with Crippen LogP contribution in [0.25, 0.3) is 0 Å². The van der Waals surface area contributed by atoms with E-state index >= 15 is 0 Å². The van der Waals surface area contributed by atoms with E-state index in [2.05, 4.69) is 38.2 Å². The summed E-state index contributed by atoms with van der Waals surface area (Å²) in [6.45, 7) is 7.50. The molecule has 39 heavy (non-hydrogen) atoms. The number of rotatable bonds is 10. The van der Waals surface area contributed by atoms with Gasteiger partial charge >= 0.3 is 0 Å². The molecule has 1 unspecified atom stereocenters. The Morgan fingerprint density at radius 1 is 1.18 bits per heavy atom. The number of nitrogens with zero attached hydrogens (tertiary/aromatic N) is 4. The van der Waals surface area contributed by atoms with Gasteiger partial charge in [0.25, 0.3) is 5.91 Å². The molecule has 2 aliphatic rings. The topological polar surface area (TPSA) is 138 Å². The summed E-state index contributed by atoms with van der Waals surface area (Å²) in [6, 6.07) is 6.50. The van der Waals surface area contributed by atoms with Crippen molar-refractivity contribution in [3.8, 4) is 0 Å². The Morgan fingerprint density at radius 2 is 1.82 bits per heavy atom. The Kier molecular flexibility index (Phi) is 11.6. The van der Waals surface area contributed by atoms with E-state index in [1.807, 2.05) is 31.2 Å². The van der Waals surface area contributed by atoms with E-state index < -0.39 is 17.3 Å². The number of thioether (sulfide) groups is 1. The summed E-state index contributed by atoms with van der Waals surface area (Å²) in [5, 5.41) is 9.87. The molecule has 14 heteroatoms. The number of nitrogens with one attached hydrogen (secondary N) is 4. The summed E-state index contributed by atoms with van der Waals surface area (Å²) in [7, 11) is 5.39. The highest BCUT2D eigenvalue weighted by Gasteiger charge is 2.44. The zero-order valence-electron chi connectivity index (χ0n) is 23.1. The number of carbonyl (C=O) groups is 3. The summed E-state index contributed by atoms with van der Waals surface area (Å²) in [4.78, 5) is 44.3. The number of benzene rings is 1. The molecule has 12 nitrogen and oxygen atoms in total. The van der Waals surface area contributed by atoms with Crippen LogP contribution in [0.15, 0.2) is 24.3 Å². The highest BCUT2D eigenvalue weighted by atomic mass is 32.2. The predicted molar refractivity (Wildman–Crippen MR) is 160 cm³/mol. The fourth-order valence-electron chi connectivity index (χ4n) is 4.38. The molecule has 0 spiro atoms. The molecule has 2 fully saturated rings. The molecule has 3 atom stereocenters. The van der Waals surface area contributed by atoms with Crippen molar-refractivity contribution >= 4 is 58.2 Å². The molecular weight excluding hydrogens is 538 g/mol. The smallest absolute Gasteiger partial charge is 0.258 e. The third-order valence-electron chi connectivity index (χ3n) is 6.83. The molecule has 0 aliphatic carbocycles. The van der Waals surface area contributed by atoms with Gasteiger partial charge in [-0.25, -0.2) is 0 Å². The summed E-state index contributed by atoms with van der Waals surface area (Å²) >= 11 is 6.48. The molecule has 0 radical (unpaired) electrons. The van der Waals surface area contributed by atoms with Crippen LogP contribution in [0.4, 0.5) is 11.4 Å². The number of hydrogen-bond acceptors (Lipinski definition) is 9. The summed E-state index contributed by atoms with van der Waals surface area (Å²) in [6.07, 6.45) is 0.457. The van der Waals surface area contributed by atoms with Crippen LogP contribution in [0, 0.1) is 0 Å². The first-order valence-electron chi connectivity index (χ1n) is 13.1. The monoisotopic (exact) mass is 579 g/mol. The van der Waals surface area contributed by atoms with Gasteiger partial charge in [-0.1, -0.05) is 0 Å². The summed E-state index contributed by atoms with van der Waals surface area (Å²) in [5.41, 5.74) is 10.5. The zero-order chi connectivity index (χ0) is 28.5. The Morgan fingerprint density at radius 3 is 2.44 bits per heavy atom. The predicted octanol–water partition coefficient (Wildman–Crippen LogP) is -0.241. The van der Waals surface area contributed by atoms with Gasteiger partial charge in [0.15, 0.2) is 5.11 Å². The van der Waals surface area contributed by atoms with Gasteiger partial charge in [0.1, 0.15) is 16.7 Å². The molecule has 0 aromatic heterocycles. The van der Waals surface area contributed by atoms with Crippen LogP contribution in [-0.2, 0) is 14.4 Å². The van der Waals surface area contributed by atoms with Gasteiger partial charge in [0.05, 0.1) is 0 Å². The normalized spacial score (nSPS) is 20.8. The minimum Gasteiger partial charge on any atom is -0.383 e. The molecule has 2 heterocycles. The molecule has 216 valence electrons. The van der Waals surface area contributed by atoms with E-state index in [4.69, 9.17) is 18.0 Å². The second kappa shape index (κ2) is 14.7. The zero-order valence-corrected chi connectivity index (χ0v) is 24.7. The first-order valence-corrected chi connectivity index (χ1v) is 14.5. The third kappa shape index (κ3) is 8.67. The summed E-state index contributed by atoms with van der Waals surface area (Å²) < 4.78 is 0. The number of carbonyl (C=O) groups excluding carboxylic acids is 3. The fourth-order valence-corrected chi connectivity index (χ4v) is 5.89. The largest absolute Gasteiger partial charge is 0.383 e. The lowest BCUT2D eigenvalue weighted by molar-refractivity contribution is -0.131. The molecule has 2 aliphatic heterocycles. The van der Waals surface area contributed by atoms with Gasteiger partial charge in [-0.15, -0.1) is 11.8 Å². The average Bonchev–Trinajstić information content (AvgIpc) is 3.26. The second-order valence-electron chi connectivity index (χ2n) is 9.66. The first kappa shape index (κ1) is 30.9. The maximum Gasteiger partial charge on any atom is 0.258 e. The molecule has 6 N–H and O–H groups in total. The van der Waals surface area contributed by atoms with Crippen molar-refractivity contribution in [2.75, 3.05) is 77.6 Å². The van der Waals surface area contributed by atoms with Crippen LogP contribution in [0.2, 0.25) is 0 Å². The van der Waals surface area contributed by atoms with Gasteiger partial charge in [-0.3, -0.25) is 24.8 Å². The van der Waals surface area contributed by atoms with E-state index in [1.165, 1.54) is 16.8 Å². The van der Waals surface area contributed by atoms with E-state index in [0.717, 1.165) is 44.1 Å². The van der Waals surface area contributed by atoms with E-state index in [0.29, 0.717) is 24.6 Å². The number of hydrazine groups is 1. The van der Waals surface area contributed by atoms with Crippen LogP contribution in [0.3, 0.4) is 0 Å². The van der Waals surface area contributed by atoms with Crippen molar-refractivity contribution in [3.05, 3.63) is 24.3 Å². The number of thiocarbonyl (C=S) groups is 1. The van der Waals surface area contributed by atoms with E-state index in [-0.39, 0.29) is 17.1 Å². The molecule has 2 saturated heterocycles. The van der Waals surface area contributed by atoms with Crippen LogP contribution < -0.4 is 27.1 Å². The standard InChI is InChI=1S/C25H41N9O3S2/c1-5-34-23(37)19(39-24(34)21(26)22(36)30-32(4)25(38)27-2)16-28-17-6-8-18(9-7-17)29-20(35)10-11-33-14-12-31(3)13-15-33/h6-9,19,21,24,28H,5,10-16,26H2,1-4H3,(H,27,38)(H,29,35)(H,30,36)/t19-,21-,24?/m1/s1. The summed E-state index contributed by atoms with van der Waals surface area (Å²) in [5.74, 6) is -0.493. The number of anilines is 2. The maximum absolute atomic E-state index is 13.0. The van der Waals surface area contributed by atoms with Gasteiger partial charge in [0, 0.05) is 77.7 Å². The first-order chi connectivity index (χ1) is 18.6. The van der Waals surface area contributed by atoms with Crippen molar-refractivity contribution in [1.29, 1.82) is 0 Å². The van der Waals surface area contributed by atoms with Crippen molar-refractivity contribution in [2.24, 2.45) is 5.73 Å². The van der Waals surface area contributed by atoms with Gasteiger partial charge in [0.2, 0.25) is 11.8 Å². The molecule has 0 saturated carbocycles. The number of nitrogens with two attached hydrogens (primary N) is 1. The number of hydrogen-bond donors (Lipinski definition) is 5. The Bertz CT molecular complexity index is 1010. The minimum absolute atomic E-state index is 0.00682. The van der Waals surface area contributed by atoms with Gasteiger partial charge in [-0.05, 0) is 50.5 Å². The van der Waals surface area contributed by atoms with Crippen LogP contribution >= 0.6 is 24.0 Å². The molecular formula is C25H41N9O3S2. The number of amides is 3. The third-order valence-corrected chi connectivity index (χ3v) is 8.83. The second-order valence-corrected chi connectivity index (χ2v) is 11.4. The molecule has 3 amide bonds. The van der Waals surface area contributed by atoms with Crippen molar-refractivity contribution in [2.45, 2.75) is 30.0 Å². The fraction of sp³-hybridized carbons (Fsp3) is 0.600. The lowest BCUT2D eigenvalue weighted by Gasteiger charge is -2.32. The average molecular weight is 580 g/mol. The van der Waals surface area contributed by atoms with Crippen LogP contribution in [-0.4, -0.2) is 126 Å². The van der Waals surface area contributed by atoms with E-state index in [1.54, 1.807) is 19.0 Å². The maximum atomic E-state index is 13.0. The van der Waals surface area contributed by atoms with Crippen LogP contribution in [0.1, 0.15) is 13.3 Å². The number of likely N-dealkylation sites (N-methyl/N-ethyl adjacent to an activating group) is 2. The highest BCUT2D eigenvalue weighted by Crippen LogP contribution is 2.33. The molecule has 1 aromatic rings. The SMILES string of the molecule is CCN1C(=O)[C@@H](CNc2ccc(NC(=O)CCN3CCN(C)CC3)cc2)SC1[C@H](N)C(=O)NN(C)C(=S)NC. The number of piperazine rings is 1. The van der Waals surface area contributed by atoms with Gasteiger partial charge < -0.3 is 36.4 Å². The quantitative estimate of drug-likeness (QED) is 0.185. The van der Waals surface area contributed by atoms with Crippen LogP contribution in [0.5, 0.6) is 0 Å². The van der Waals surface area contributed by atoms with Crippen molar-refractivity contribution in [1.82, 2.24) is 30.5 Å². The van der Waals surface area contributed by atoms with Crippen molar-refractivity contribution < 1.29 is 14.4 Å². The Hall–Kier alpha value is -2.65. The molecule has 0 bridgehead atoms. The Balaban J connectivity index is 1.46. The van der Waals surface area contributed by atoms with Gasteiger partial charge in [-0.2, -0.15) is 0 Å². The highest BCUT2D eigenvalue weighted by molar-refractivity contribution is 8.01. The molecule has 3 rings (SSSR count). The Labute approximate surface area is 240 Å².